The van der Waals surface area contributed by atoms with Gasteiger partial charge in [-0.15, -0.1) is 11.3 Å². The maximum Gasteiger partial charge on any atom is 0.410 e. The molecule has 0 radical (unpaired) electrons. The average Bonchev–Trinajstić information content (AvgIpc) is 3.22. The molecule has 3 atom stereocenters. The molecule has 3 heterocycles. The summed E-state index contributed by atoms with van der Waals surface area (Å²) >= 11 is 1.39. The predicted octanol–water partition coefficient (Wildman–Crippen LogP) is 4.13. The molecule has 2 aromatic rings. The van der Waals surface area contributed by atoms with Crippen LogP contribution in [0.2, 0.25) is 0 Å². The van der Waals surface area contributed by atoms with Gasteiger partial charge in [0.05, 0.1) is 12.2 Å². The van der Waals surface area contributed by atoms with E-state index in [9.17, 15) is 18.0 Å². The zero-order valence-corrected chi connectivity index (χ0v) is 14.6. The maximum absolute atomic E-state index is 13.5. The molecule has 1 aliphatic rings. The third-order valence-electron chi connectivity index (χ3n) is 4.36. The van der Waals surface area contributed by atoms with Crippen LogP contribution in [0.1, 0.15) is 54.0 Å². The Morgan fingerprint density at radius 1 is 1.56 bits per heavy atom. The normalized spacial score (nSPS) is 21.3. The number of anilines is 1. The number of carbonyl (C=O) groups excluding carboxylic acids is 1. The third kappa shape index (κ3) is 3.51. The Bertz CT molecular complexity index is 741. The van der Waals surface area contributed by atoms with Crippen molar-refractivity contribution in [2.24, 2.45) is 0 Å². The average molecular weight is 372 g/mol. The van der Waals surface area contributed by atoms with Gasteiger partial charge in [-0.25, -0.2) is 4.68 Å². The lowest BCUT2D eigenvalue weighted by Gasteiger charge is -2.33. The van der Waals surface area contributed by atoms with Crippen molar-refractivity contribution in [3.8, 4) is 0 Å². The Balaban J connectivity index is 1.97. The highest BCUT2D eigenvalue weighted by Gasteiger charge is 2.47. The molecule has 9 heteroatoms. The van der Waals surface area contributed by atoms with Crippen molar-refractivity contribution in [2.75, 3.05) is 5.32 Å². The second-order valence-electron chi connectivity index (χ2n) is 6.14. The number of amides is 1. The first-order chi connectivity index (χ1) is 11.8. The van der Waals surface area contributed by atoms with Crippen LogP contribution in [0, 0.1) is 0 Å². The minimum Gasteiger partial charge on any atom is -0.362 e. The highest BCUT2D eigenvalue weighted by molar-refractivity contribution is 7.10. The molecule has 3 rings (SSSR count). The van der Waals surface area contributed by atoms with Gasteiger partial charge in [0, 0.05) is 17.3 Å². The van der Waals surface area contributed by atoms with E-state index in [1.54, 1.807) is 12.1 Å². The van der Waals surface area contributed by atoms with Crippen LogP contribution in [-0.4, -0.2) is 27.9 Å². The summed E-state index contributed by atoms with van der Waals surface area (Å²) in [6.45, 7) is 3.76. The number of carbonyl (C=O) groups is 1. The first kappa shape index (κ1) is 17.8. The number of alkyl halides is 3. The molecule has 1 aliphatic heterocycles. The molecular weight excluding hydrogens is 353 g/mol. The fourth-order valence-electron chi connectivity index (χ4n) is 2.81. The lowest BCUT2D eigenvalue weighted by molar-refractivity contribution is -0.173. The van der Waals surface area contributed by atoms with E-state index in [2.05, 4.69) is 15.7 Å². The molecule has 0 saturated carbocycles. The van der Waals surface area contributed by atoms with Gasteiger partial charge in [-0.2, -0.15) is 18.3 Å². The van der Waals surface area contributed by atoms with Gasteiger partial charge in [0.1, 0.15) is 11.4 Å². The SMILES string of the molecule is CC[C@H](C)NC(=O)c1cnn2c1N[C@@H](c1cccs1)C[C@H]2C(F)(F)F. The number of rotatable bonds is 4. The van der Waals surface area contributed by atoms with Crippen LogP contribution < -0.4 is 10.6 Å². The maximum atomic E-state index is 13.5. The first-order valence-electron chi connectivity index (χ1n) is 8.06. The van der Waals surface area contributed by atoms with Crippen molar-refractivity contribution >= 4 is 23.1 Å². The summed E-state index contributed by atoms with van der Waals surface area (Å²) in [6.07, 6.45) is -2.67. The molecular formula is C16H19F3N4OS. The molecule has 5 nitrogen and oxygen atoms in total. The molecule has 2 N–H and O–H groups in total. The zero-order valence-electron chi connectivity index (χ0n) is 13.8. The van der Waals surface area contributed by atoms with Gasteiger partial charge in [0.2, 0.25) is 0 Å². The fraction of sp³-hybridized carbons (Fsp3) is 0.500. The van der Waals surface area contributed by atoms with E-state index in [4.69, 9.17) is 0 Å². The van der Waals surface area contributed by atoms with Crippen LogP contribution in [0.15, 0.2) is 23.7 Å². The molecule has 25 heavy (non-hydrogen) atoms. The topological polar surface area (TPSA) is 59.0 Å². The van der Waals surface area contributed by atoms with E-state index in [-0.39, 0.29) is 23.8 Å². The number of halogens is 3. The van der Waals surface area contributed by atoms with Crippen molar-refractivity contribution in [3.63, 3.8) is 0 Å². The van der Waals surface area contributed by atoms with Gasteiger partial charge in [0.25, 0.3) is 5.91 Å². The largest absolute Gasteiger partial charge is 0.410 e. The smallest absolute Gasteiger partial charge is 0.362 e. The van der Waals surface area contributed by atoms with Gasteiger partial charge >= 0.3 is 6.18 Å². The number of nitrogens with one attached hydrogen (secondary N) is 2. The van der Waals surface area contributed by atoms with Crippen molar-refractivity contribution in [1.82, 2.24) is 15.1 Å². The molecule has 0 unspecified atom stereocenters. The van der Waals surface area contributed by atoms with E-state index in [0.29, 0.717) is 0 Å². The summed E-state index contributed by atoms with van der Waals surface area (Å²) in [5, 5.41) is 11.5. The van der Waals surface area contributed by atoms with Crippen molar-refractivity contribution in [3.05, 3.63) is 34.2 Å². The third-order valence-corrected chi connectivity index (χ3v) is 5.35. The van der Waals surface area contributed by atoms with Crippen LogP contribution in [0.5, 0.6) is 0 Å². The Morgan fingerprint density at radius 3 is 2.92 bits per heavy atom. The van der Waals surface area contributed by atoms with Crippen LogP contribution in [0.3, 0.4) is 0 Å². The Kier molecular flexibility index (Phi) is 4.77. The predicted molar refractivity (Wildman–Crippen MR) is 89.8 cm³/mol. The Morgan fingerprint density at radius 2 is 2.32 bits per heavy atom. The summed E-state index contributed by atoms with van der Waals surface area (Å²) in [5.74, 6) is -0.302. The van der Waals surface area contributed by atoms with Gasteiger partial charge < -0.3 is 10.6 Å². The molecule has 2 aromatic heterocycles. The number of hydrogen-bond acceptors (Lipinski definition) is 4. The molecule has 136 valence electrons. The number of fused-ring (bicyclic) bond motifs is 1. The van der Waals surface area contributed by atoms with Gasteiger partial charge in [-0.3, -0.25) is 4.79 Å². The van der Waals surface area contributed by atoms with E-state index < -0.39 is 24.2 Å². The van der Waals surface area contributed by atoms with E-state index in [1.807, 2.05) is 19.2 Å². The lowest BCUT2D eigenvalue weighted by atomic mass is 10.0. The number of hydrogen-bond donors (Lipinski definition) is 2. The quantitative estimate of drug-likeness (QED) is 0.848. The summed E-state index contributed by atoms with van der Waals surface area (Å²) < 4.78 is 41.5. The van der Waals surface area contributed by atoms with Crippen LogP contribution in [0.25, 0.3) is 0 Å². The number of nitrogens with zero attached hydrogens (tertiary/aromatic N) is 2. The van der Waals surface area contributed by atoms with E-state index in [0.717, 1.165) is 16.0 Å². The summed E-state index contributed by atoms with van der Waals surface area (Å²) in [5.41, 5.74) is 0.135. The van der Waals surface area contributed by atoms with Crippen LogP contribution in [-0.2, 0) is 0 Å². The second kappa shape index (κ2) is 6.70. The summed E-state index contributed by atoms with van der Waals surface area (Å²) in [4.78, 5) is 13.2. The van der Waals surface area contributed by atoms with Crippen LogP contribution in [0.4, 0.5) is 19.0 Å². The monoisotopic (exact) mass is 372 g/mol. The van der Waals surface area contributed by atoms with Gasteiger partial charge in [0.15, 0.2) is 6.04 Å². The van der Waals surface area contributed by atoms with Crippen LogP contribution >= 0.6 is 11.3 Å². The first-order valence-corrected chi connectivity index (χ1v) is 8.94. The molecule has 1 amide bonds. The van der Waals surface area contributed by atoms with Gasteiger partial charge in [-0.05, 0) is 24.8 Å². The number of thiophene rings is 1. The molecule has 0 aliphatic carbocycles. The Labute approximate surface area is 147 Å². The Hall–Kier alpha value is -2.03. The summed E-state index contributed by atoms with van der Waals surface area (Å²) in [7, 11) is 0. The minimum absolute atomic E-state index is 0.0712. The highest BCUT2D eigenvalue weighted by atomic mass is 32.1. The molecule has 0 bridgehead atoms. The fourth-order valence-corrected chi connectivity index (χ4v) is 3.60. The van der Waals surface area contributed by atoms with Gasteiger partial charge in [-0.1, -0.05) is 13.0 Å². The standard InChI is InChI=1S/C16H19F3N4OS/c1-3-9(2)21-15(24)10-8-20-23-13(16(17,18)19)7-11(22-14(10)23)12-5-4-6-25-12/h4-6,8-9,11,13,22H,3,7H2,1-2H3,(H,21,24)/t9-,11+,13-/m0/s1. The number of aromatic nitrogens is 2. The minimum atomic E-state index is -4.44. The molecule has 0 aromatic carbocycles. The van der Waals surface area contributed by atoms with Crippen molar-refractivity contribution in [2.45, 2.75) is 51.0 Å². The van der Waals surface area contributed by atoms with E-state index >= 15 is 0 Å². The summed E-state index contributed by atoms with van der Waals surface area (Å²) in [6, 6.07) is 1.25. The molecule has 0 spiro atoms. The lowest BCUT2D eigenvalue weighted by Crippen LogP contribution is -2.37. The van der Waals surface area contributed by atoms with Crippen molar-refractivity contribution in [1.29, 1.82) is 0 Å². The molecule has 0 saturated heterocycles. The molecule has 0 fully saturated rings. The zero-order chi connectivity index (χ0) is 18.2. The van der Waals surface area contributed by atoms with Crippen molar-refractivity contribution < 1.29 is 18.0 Å². The van der Waals surface area contributed by atoms with E-state index in [1.165, 1.54) is 17.5 Å². The highest BCUT2D eigenvalue weighted by Crippen LogP contribution is 2.44. The second-order valence-corrected chi connectivity index (χ2v) is 7.12.